The van der Waals surface area contributed by atoms with Crippen LogP contribution in [-0.2, 0) is 21.3 Å². The number of carbonyl (C=O) groups is 1. The van der Waals surface area contributed by atoms with Crippen molar-refractivity contribution in [1.29, 1.82) is 0 Å². The molecule has 0 radical (unpaired) electrons. The van der Waals surface area contributed by atoms with Gasteiger partial charge in [-0.3, -0.25) is 9.00 Å². The SMILES string of the molecule is Cc1ccccc1NC(=O)[C@H](C)[S@@](=O)Cc1ccc(Cl)s1. The van der Waals surface area contributed by atoms with E-state index in [1.54, 1.807) is 13.0 Å². The number of hydrogen-bond acceptors (Lipinski definition) is 3. The highest BCUT2D eigenvalue weighted by Crippen LogP contribution is 2.23. The monoisotopic (exact) mass is 341 g/mol. The van der Waals surface area contributed by atoms with Gasteiger partial charge in [0.05, 0.1) is 10.1 Å². The molecule has 1 aromatic carbocycles. The Bertz CT molecular complexity index is 669. The maximum Gasteiger partial charge on any atom is 0.239 e. The van der Waals surface area contributed by atoms with Crippen LogP contribution in [0.3, 0.4) is 0 Å². The summed E-state index contributed by atoms with van der Waals surface area (Å²) in [5.74, 6) is 0.116. The number of anilines is 1. The average Bonchev–Trinajstić information content (AvgIpc) is 2.85. The zero-order valence-electron chi connectivity index (χ0n) is 11.8. The van der Waals surface area contributed by atoms with E-state index < -0.39 is 16.0 Å². The lowest BCUT2D eigenvalue weighted by atomic mass is 10.2. The van der Waals surface area contributed by atoms with Crippen LogP contribution >= 0.6 is 22.9 Å². The van der Waals surface area contributed by atoms with Gasteiger partial charge < -0.3 is 5.32 Å². The van der Waals surface area contributed by atoms with Gasteiger partial charge in [-0.25, -0.2) is 0 Å². The number of rotatable bonds is 5. The molecule has 112 valence electrons. The fourth-order valence-corrected chi connectivity index (χ4v) is 4.15. The minimum absolute atomic E-state index is 0.231. The predicted molar refractivity (Wildman–Crippen MR) is 90.4 cm³/mol. The highest BCUT2D eigenvalue weighted by Gasteiger charge is 2.21. The van der Waals surface area contributed by atoms with Crippen LogP contribution in [0.5, 0.6) is 0 Å². The molecular formula is C15H16ClNO2S2. The number of carbonyl (C=O) groups excluding carboxylic acids is 1. The largest absolute Gasteiger partial charge is 0.325 e. The second-order valence-electron chi connectivity index (χ2n) is 4.68. The van der Waals surface area contributed by atoms with Crippen molar-refractivity contribution in [3.63, 3.8) is 0 Å². The Morgan fingerprint density at radius 1 is 1.33 bits per heavy atom. The molecule has 2 rings (SSSR count). The average molecular weight is 342 g/mol. The third-order valence-corrected chi connectivity index (χ3v) is 6.09. The molecule has 2 aromatic rings. The Balaban J connectivity index is 1.98. The molecule has 1 N–H and O–H groups in total. The van der Waals surface area contributed by atoms with Crippen LogP contribution in [-0.4, -0.2) is 15.4 Å². The van der Waals surface area contributed by atoms with E-state index in [-0.39, 0.29) is 5.91 Å². The Morgan fingerprint density at radius 3 is 2.67 bits per heavy atom. The van der Waals surface area contributed by atoms with Crippen LogP contribution in [0, 0.1) is 6.92 Å². The van der Waals surface area contributed by atoms with Gasteiger partial charge in [0.1, 0.15) is 5.25 Å². The molecule has 0 aliphatic heterocycles. The summed E-state index contributed by atoms with van der Waals surface area (Å²) in [5, 5.41) is 2.25. The Labute approximate surface area is 135 Å². The van der Waals surface area contributed by atoms with Crippen molar-refractivity contribution in [1.82, 2.24) is 0 Å². The Hall–Kier alpha value is -1.17. The second kappa shape index (κ2) is 7.20. The van der Waals surface area contributed by atoms with Crippen molar-refractivity contribution >= 4 is 45.3 Å². The van der Waals surface area contributed by atoms with Gasteiger partial charge in [0.15, 0.2) is 0 Å². The van der Waals surface area contributed by atoms with E-state index in [2.05, 4.69) is 5.32 Å². The molecule has 1 heterocycles. The smallest absolute Gasteiger partial charge is 0.239 e. The van der Waals surface area contributed by atoms with Crippen molar-refractivity contribution in [3.05, 3.63) is 51.2 Å². The summed E-state index contributed by atoms with van der Waals surface area (Å²) >= 11 is 7.24. The van der Waals surface area contributed by atoms with Crippen molar-refractivity contribution in [2.75, 3.05) is 5.32 Å². The lowest BCUT2D eigenvalue weighted by molar-refractivity contribution is -0.115. The fraction of sp³-hybridized carbons (Fsp3) is 0.267. The van der Waals surface area contributed by atoms with E-state index in [0.29, 0.717) is 10.1 Å². The van der Waals surface area contributed by atoms with E-state index in [1.165, 1.54) is 11.3 Å². The van der Waals surface area contributed by atoms with Crippen LogP contribution in [0.15, 0.2) is 36.4 Å². The molecule has 1 aromatic heterocycles. The number of amides is 1. The summed E-state index contributed by atoms with van der Waals surface area (Å²) in [6.45, 7) is 3.60. The van der Waals surface area contributed by atoms with Gasteiger partial charge in [-0.05, 0) is 37.6 Å². The third-order valence-electron chi connectivity index (χ3n) is 3.08. The molecule has 0 fully saturated rings. The molecule has 6 heteroatoms. The summed E-state index contributed by atoms with van der Waals surface area (Å²) in [6, 6.07) is 11.1. The van der Waals surface area contributed by atoms with Gasteiger partial charge in [0.25, 0.3) is 0 Å². The lowest BCUT2D eigenvalue weighted by Crippen LogP contribution is -2.29. The first-order valence-corrected chi connectivity index (χ1v) is 9.03. The molecule has 21 heavy (non-hydrogen) atoms. The number of para-hydroxylation sites is 1. The molecule has 0 saturated heterocycles. The summed E-state index contributed by atoms with van der Waals surface area (Å²) < 4.78 is 12.9. The second-order valence-corrected chi connectivity index (χ2v) is 8.23. The number of thiophene rings is 1. The number of benzene rings is 1. The van der Waals surface area contributed by atoms with Gasteiger partial charge in [-0.2, -0.15) is 0 Å². The highest BCUT2D eigenvalue weighted by atomic mass is 35.5. The van der Waals surface area contributed by atoms with E-state index in [4.69, 9.17) is 11.6 Å². The van der Waals surface area contributed by atoms with Gasteiger partial charge >= 0.3 is 0 Å². The van der Waals surface area contributed by atoms with Crippen LogP contribution in [0.1, 0.15) is 17.4 Å². The molecule has 3 nitrogen and oxygen atoms in total. The number of nitrogens with one attached hydrogen (secondary N) is 1. The van der Waals surface area contributed by atoms with Crippen LogP contribution < -0.4 is 5.32 Å². The standard InChI is InChI=1S/C15H16ClNO2S2/c1-10-5-3-4-6-13(10)17-15(18)11(2)21(19)9-12-7-8-14(16)20-12/h3-8,11H,9H2,1-2H3,(H,17,18)/t11-,21-/m0/s1. The topological polar surface area (TPSA) is 46.2 Å². The van der Waals surface area contributed by atoms with Crippen LogP contribution in [0.2, 0.25) is 4.34 Å². The molecule has 0 aliphatic rings. The number of hydrogen-bond donors (Lipinski definition) is 1. The fourth-order valence-electron chi connectivity index (χ4n) is 1.76. The van der Waals surface area contributed by atoms with Gasteiger partial charge in [0.2, 0.25) is 5.91 Å². The van der Waals surface area contributed by atoms with Crippen LogP contribution in [0.25, 0.3) is 0 Å². The quantitative estimate of drug-likeness (QED) is 0.893. The third kappa shape index (κ3) is 4.40. The van der Waals surface area contributed by atoms with E-state index in [9.17, 15) is 9.00 Å². The van der Waals surface area contributed by atoms with E-state index in [1.807, 2.05) is 37.3 Å². The first-order chi connectivity index (χ1) is 9.97. The number of halogens is 1. The number of aryl methyl sites for hydroxylation is 1. The molecular weight excluding hydrogens is 326 g/mol. The van der Waals surface area contributed by atoms with Gasteiger partial charge in [-0.1, -0.05) is 29.8 Å². The molecule has 0 spiro atoms. The maximum atomic E-state index is 12.3. The first-order valence-electron chi connectivity index (χ1n) is 6.45. The lowest BCUT2D eigenvalue weighted by Gasteiger charge is -2.13. The van der Waals surface area contributed by atoms with E-state index >= 15 is 0 Å². The molecule has 1 amide bonds. The van der Waals surface area contributed by atoms with Gasteiger partial charge in [-0.15, -0.1) is 11.3 Å². The van der Waals surface area contributed by atoms with Crippen molar-refractivity contribution in [2.24, 2.45) is 0 Å². The normalized spacial score (nSPS) is 13.7. The van der Waals surface area contributed by atoms with Crippen molar-refractivity contribution in [3.8, 4) is 0 Å². The van der Waals surface area contributed by atoms with Gasteiger partial charge in [0, 0.05) is 21.4 Å². The predicted octanol–water partition coefficient (Wildman–Crippen LogP) is 3.99. The van der Waals surface area contributed by atoms with E-state index in [0.717, 1.165) is 16.1 Å². The Morgan fingerprint density at radius 2 is 2.05 bits per heavy atom. The summed E-state index contributed by atoms with van der Waals surface area (Å²) in [5.41, 5.74) is 1.74. The summed E-state index contributed by atoms with van der Waals surface area (Å²) in [6.07, 6.45) is 0. The molecule has 0 bridgehead atoms. The first kappa shape index (κ1) is 16.2. The Kier molecular flexibility index (Phi) is 5.56. The zero-order valence-corrected chi connectivity index (χ0v) is 14.1. The minimum atomic E-state index is -1.27. The molecule has 2 atom stereocenters. The van der Waals surface area contributed by atoms with Crippen LogP contribution in [0.4, 0.5) is 5.69 Å². The molecule has 0 unspecified atom stereocenters. The van der Waals surface area contributed by atoms with Crippen molar-refractivity contribution < 1.29 is 9.00 Å². The molecule has 0 saturated carbocycles. The zero-order chi connectivity index (χ0) is 15.4. The molecule has 0 aliphatic carbocycles. The minimum Gasteiger partial charge on any atom is -0.325 e. The summed E-state index contributed by atoms with van der Waals surface area (Å²) in [4.78, 5) is 13.1. The summed E-state index contributed by atoms with van der Waals surface area (Å²) in [7, 11) is -1.27. The van der Waals surface area contributed by atoms with Crippen molar-refractivity contribution in [2.45, 2.75) is 24.9 Å². The highest BCUT2D eigenvalue weighted by molar-refractivity contribution is 7.85. The maximum absolute atomic E-state index is 12.3.